The van der Waals surface area contributed by atoms with E-state index in [-0.39, 0.29) is 0 Å². The fourth-order valence-electron chi connectivity index (χ4n) is 4.13. The monoisotopic (exact) mass is 298 g/mol. The van der Waals surface area contributed by atoms with Gasteiger partial charge in [-0.3, -0.25) is 0 Å². The lowest BCUT2D eigenvalue weighted by atomic mass is 9.94. The minimum Gasteiger partial charge on any atom is -0.455 e. The molecule has 0 fully saturated rings. The molecule has 0 saturated heterocycles. The molecule has 0 spiro atoms. The van der Waals surface area contributed by atoms with Crippen molar-refractivity contribution >= 4 is 21.7 Å². The highest BCUT2D eigenvalue weighted by atomic mass is 16.3. The van der Waals surface area contributed by atoms with Crippen molar-refractivity contribution in [2.24, 2.45) is 0 Å². The van der Waals surface area contributed by atoms with Gasteiger partial charge in [-0.25, -0.2) is 0 Å². The standard InChI is InChI=1S/C22H18O/c1-14-7-5-12-18-21(14)17-11-6-10-16(17)19-13-20(23-22(18)19)15-8-3-2-4-9-15/h2-5,7-9,12-13H,6,10-11H2,1H3. The second-order valence-electron chi connectivity index (χ2n) is 6.53. The third kappa shape index (κ3) is 1.80. The lowest BCUT2D eigenvalue weighted by molar-refractivity contribution is 0.635. The summed E-state index contributed by atoms with van der Waals surface area (Å²) < 4.78 is 6.35. The second kappa shape index (κ2) is 4.73. The van der Waals surface area contributed by atoms with Crippen LogP contribution >= 0.6 is 0 Å². The van der Waals surface area contributed by atoms with Crippen LogP contribution in [-0.2, 0) is 12.8 Å². The Bertz CT molecular complexity index is 1040. The highest BCUT2D eigenvalue weighted by Crippen LogP contribution is 2.42. The average molecular weight is 298 g/mol. The van der Waals surface area contributed by atoms with E-state index in [1.165, 1.54) is 46.5 Å². The van der Waals surface area contributed by atoms with Gasteiger partial charge in [-0.15, -0.1) is 0 Å². The van der Waals surface area contributed by atoms with Crippen LogP contribution in [0.4, 0.5) is 0 Å². The highest BCUT2D eigenvalue weighted by molar-refractivity contribution is 6.10. The quantitative estimate of drug-likeness (QED) is 0.417. The van der Waals surface area contributed by atoms with Crippen molar-refractivity contribution in [3.8, 4) is 11.3 Å². The Hall–Kier alpha value is -2.54. The Morgan fingerprint density at radius 2 is 1.65 bits per heavy atom. The minimum atomic E-state index is 0.976. The van der Waals surface area contributed by atoms with Crippen LogP contribution < -0.4 is 0 Å². The van der Waals surface area contributed by atoms with Gasteiger partial charge in [0.25, 0.3) is 0 Å². The van der Waals surface area contributed by atoms with Crippen molar-refractivity contribution in [1.82, 2.24) is 0 Å². The predicted molar refractivity (Wildman–Crippen MR) is 95.9 cm³/mol. The number of benzene rings is 3. The predicted octanol–water partition coefficient (Wildman–Crippen LogP) is 6.05. The minimum absolute atomic E-state index is 0.976. The summed E-state index contributed by atoms with van der Waals surface area (Å²) in [6.07, 6.45) is 3.62. The lowest BCUT2D eigenvalue weighted by Gasteiger charge is -2.10. The Morgan fingerprint density at radius 3 is 2.52 bits per heavy atom. The summed E-state index contributed by atoms with van der Waals surface area (Å²) >= 11 is 0. The molecule has 3 aromatic carbocycles. The topological polar surface area (TPSA) is 13.1 Å². The number of fused-ring (bicyclic) bond motifs is 6. The maximum atomic E-state index is 6.35. The summed E-state index contributed by atoms with van der Waals surface area (Å²) in [7, 11) is 0. The normalized spacial score (nSPS) is 13.8. The third-order valence-corrected chi connectivity index (χ3v) is 5.15. The molecule has 0 N–H and O–H groups in total. The number of hydrogen-bond donors (Lipinski definition) is 0. The van der Waals surface area contributed by atoms with Crippen LogP contribution in [-0.4, -0.2) is 0 Å². The van der Waals surface area contributed by atoms with E-state index < -0.39 is 0 Å². The SMILES string of the molecule is Cc1cccc2c1c1c(c3cc(-c4ccccc4)oc32)CCC1. The van der Waals surface area contributed by atoms with Crippen molar-refractivity contribution in [1.29, 1.82) is 0 Å². The molecule has 0 bridgehead atoms. The maximum Gasteiger partial charge on any atom is 0.142 e. The molecule has 0 saturated carbocycles. The molecule has 4 aromatic rings. The molecule has 5 rings (SSSR count). The zero-order valence-electron chi connectivity index (χ0n) is 13.2. The van der Waals surface area contributed by atoms with E-state index in [0.29, 0.717) is 0 Å². The third-order valence-electron chi connectivity index (χ3n) is 5.15. The molecule has 0 radical (unpaired) electrons. The zero-order valence-corrected chi connectivity index (χ0v) is 13.2. The van der Waals surface area contributed by atoms with Crippen LogP contribution in [0, 0.1) is 6.92 Å². The smallest absolute Gasteiger partial charge is 0.142 e. The summed E-state index contributed by atoms with van der Waals surface area (Å²) in [5, 5.41) is 4.00. The van der Waals surface area contributed by atoms with Crippen molar-refractivity contribution < 1.29 is 4.42 Å². The van der Waals surface area contributed by atoms with Gasteiger partial charge < -0.3 is 4.42 Å². The Balaban J connectivity index is 1.93. The van der Waals surface area contributed by atoms with Gasteiger partial charge in [0.15, 0.2) is 0 Å². The second-order valence-corrected chi connectivity index (χ2v) is 6.53. The fourth-order valence-corrected chi connectivity index (χ4v) is 4.13. The molecule has 1 nitrogen and oxygen atoms in total. The lowest BCUT2D eigenvalue weighted by Crippen LogP contribution is -1.89. The molecule has 1 heterocycles. The first-order valence-electron chi connectivity index (χ1n) is 8.35. The van der Waals surface area contributed by atoms with Gasteiger partial charge >= 0.3 is 0 Å². The molecule has 1 heteroatoms. The van der Waals surface area contributed by atoms with Crippen molar-refractivity contribution in [2.45, 2.75) is 26.2 Å². The van der Waals surface area contributed by atoms with E-state index in [9.17, 15) is 0 Å². The summed E-state index contributed by atoms with van der Waals surface area (Å²) in [4.78, 5) is 0. The van der Waals surface area contributed by atoms with Gasteiger partial charge in [-0.1, -0.05) is 48.5 Å². The molecule has 0 atom stereocenters. The zero-order chi connectivity index (χ0) is 15.4. The van der Waals surface area contributed by atoms with Gasteiger partial charge in [0, 0.05) is 16.3 Å². The summed E-state index contributed by atoms with van der Waals surface area (Å²) in [6.45, 7) is 2.22. The number of rotatable bonds is 1. The number of furan rings is 1. The first kappa shape index (κ1) is 13.0. The average Bonchev–Trinajstić information content (AvgIpc) is 3.22. The fraction of sp³-hybridized carbons (Fsp3) is 0.182. The molecule has 0 aliphatic heterocycles. The van der Waals surface area contributed by atoms with Crippen LogP contribution in [0.25, 0.3) is 33.1 Å². The summed E-state index contributed by atoms with van der Waals surface area (Å²) in [5.41, 5.74) is 6.62. The van der Waals surface area contributed by atoms with Gasteiger partial charge in [0.1, 0.15) is 11.3 Å². The Kier molecular flexibility index (Phi) is 2.66. The highest BCUT2D eigenvalue weighted by Gasteiger charge is 2.22. The van der Waals surface area contributed by atoms with Gasteiger partial charge in [0.05, 0.1) is 0 Å². The van der Waals surface area contributed by atoms with Crippen molar-refractivity contribution in [3.05, 3.63) is 71.3 Å². The molecule has 0 unspecified atom stereocenters. The molecule has 1 aromatic heterocycles. The van der Waals surface area contributed by atoms with E-state index >= 15 is 0 Å². The molecule has 23 heavy (non-hydrogen) atoms. The van der Waals surface area contributed by atoms with Crippen LogP contribution in [0.15, 0.2) is 59.0 Å². The Morgan fingerprint density at radius 1 is 0.826 bits per heavy atom. The van der Waals surface area contributed by atoms with E-state index in [1.54, 1.807) is 5.56 Å². The van der Waals surface area contributed by atoms with Gasteiger partial charge in [0.2, 0.25) is 0 Å². The van der Waals surface area contributed by atoms with Crippen LogP contribution in [0.1, 0.15) is 23.1 Å². The van der Waals surface area contributed by atoms with Crippen LogP contribution in [0.3, 0.4) is 0 Å². The summed E-state index contributed by atoms with van der Waals surface area (Å²) in [5.74, 6) is 0.976. The van der Waals surface area contributed by atoms with Gasteiger partial charge in [-0.05, 0) is 54.3 Å². The van der Waals surface area contributed by atoms with Gasteiger partial charge in [-0.2, -0.15) is 0 Å². The molecular weight excluding hydrogens is 280 g/mol. The largest absolute Gasteiger partial charge is 0.455 e. The maximum absolute atomic E-state index is 6.35. The van der Waals surface area contributed by atoms with E-state index in [0.717, 1.165) is 16.9 Å². The van der Waals surface area contributed by atoms with Crippen LogP contribution in [0.2, 0.25) is 0 Å². The summed E-state index contributed by atoms with van der Waals surface area (Å²) in [6, 6.07) is 19.2. The first-order valence-corrected chi connectivity index (χ1v) is 8.35. The molecule has 1 aliphatic rings. The molecule has 112 valence electrons. The van der Waals surface area contributed by atoms with Crippen LogP contribution in [0.5, 0.6) is 0 Å². The Labute approximate surface area is 135 Å². The van der Waals surface area contributed by atoms with E-state index in [2.05, 4.69) is 55.5 Å². The number of hydrogen-bond acceptors (Lipinski definition) is 1. The van der Waals surface area contributed by atoms with E-state index in [1.807, 2.05) is 6.07 Å². The first-order chi connectivity index (χ1) is 11.3. The number of aryl methyl sites for hydroxylation is 3. The van der Waals surface area contributed by atoms with Crippen molar-refractivity contribution in [2.75, 3.05) is 0 Å². The molecule has 1 aliphatic carbocycles. The van der Waals surface area contributed by atoms with Crippen molar-refractivity contribution in [3.63, 3.8) is 0 Å². The molecular formula is C22H18O. The van der Waals surface area contributed by atoms with E-state index in [4.69, 9.17) is 4.42 Å². The molecule has 0 amide bonds.